The Bertz CT molecular complexity index is 893. The molecule has 2 aromatic carbocycles. The number of benzene rings is 2. The molecule has 0 atom stereocenters. The van der Waals surface area contributed by atoms with Crippen molar-refractivity contribution in [3.8, 4) is 6.07 Å². The predicted molar refractivity (Wildman–Crippen MR) is 107 cm³/mol. The molecule has 0 aliphatic carbocycles. The minimum absolute atomic E-state index is 0.101. The van der Waals surface area contributed by atoms with Crippen LogP contribution in [0.25, 0.3) is 0 Å². The van der Waals surface area contributed by atoms with Gasteiger partial charge >= 0.3 is 0 Å². The summed E-state index contributed by atoms with van der Waals surface area (Å²) < 4.78 is 13.1. The molecular formula is C22H23FN4O. The number of halogens is 1. The van der Waals surface area contributed by atoms with Crippen molar-refractivity contribution in [2.75, 3.05) is 31.1 Å². The van der Waals surface area contributed by atoms with E-state index in [0.29, 0.717) is 32.7 Å². The predicted octanol–water partition coefficient (Wildman–Crippen LogP) is 2.98. The lowest BCUT2D eigenvalue weighted by atomic mass is 10.1. The van der Waals surface area contributed by atoms with Crippen LogP contribution in [0.3, 0.4) is 0 Å². The second kappa shape index (κ2) is 9.05. The zero-order valence-electron chi connectivity index (χ0n) is 15.9. The summed E-state index contributed by atoms with van der Waals surface area (Å²) in [5.41, 5.74) is 3.31. The number of piperazine rings is 1. The SMILES string of the molecule is Cc1ccccc1CN/C=C(/C#N)C(=O)N1CCN(c2ccc(F)cc2)CC1. The number of carbonyl (C=O) groups excluding carboxylic acids is 1. The van der Waals surface area contributed by atoms with Gasteiger partial charge in [0.25, 0.3) is 5.91 Å². The molecule has 0 spiro atoms. The van der Waals surface area contributed by atoms with Crippen molar-refractivity contribution in [2.24, 2.45) is 0 Å². The topological polar surface area (TPSA) is 59.4 Å². The van der Waals surface area contributed by atoms with Gasteiger partial charge in [-0.05, 0) is 42.3 Å². The molecule has 1 saturated heterocycles. The third-order valence-electron chi connectivity index (χ3n) is 4.91. The lowest BCUT2D eigenvalue weighted by Gasteiger charge is -2.36. The third-order valence-corrected chi connectivity index (χ3v) is 4.91. The number of nitriles is 1. The summed E-state index contributed by atoms with van der Waals surface area (Å²) >= 11 is 0. The lowest BCUT2D eigenvalue weighted by molar-refractivity contribution is -0.127. The first kappa shape index (κ1) is 19.4. The van der Waals surface area contributed by atoms with E-state index in [4.69, 9.17) is 0 Å². The molecule has 1 aliphatic rings. The maximum Gasteiger partial charge on any atom is 0.266 e. The lowest BCUT2D eigenvalue weighted by Crippen LogP contribution is -2.49. The molecule has 1 amide bonds. The summed E-state index contributed by atoms with van der Waals surface area (Å²) in [6, 6.07) is 16.3. The van der Waals surface area contributed by atoms with E-state index in [1.165, 1.54) is 18.3 Å². The Kier molecular flexibility index (Phi) is 6.28. The Hall–Kier alpha value is -3.33. The molecule has 1 fully saturated rings. The first-order valence-electron chi connectivity index (χ1n) is 9.26. The van der Waals surface area contributed by atoms with E-state index in [2.05, 4.69) is 10.2 Å². The second-order valence-corrected chi connectivity index (χ2v) is 6.73. The molecule has 144 valence electrons. The molecule has 3 rings (SSSR count). The van der Waals surface area contributed by atoms with Gasteiger partial charge in [-0.1, -0.05) is 24.3 Å². The molecule has 1 aliphatic heterocycles. The molecule has 0 unspecified atom stereocenters. The smallest absolute Gasteiger partial charge is 0.266 e. The minimum atomic E-state index is -0.265. The third kappa shape index (κ3) is 4.68. The highest BCUT2D eigenvalue weighted by molar-refractivity contribution is 5.97. The van der Waals surface area contributed by atoms with Gasteiger partial charge in [0.05, 0.1) is 0 Å². The highest BCUT2D eigenvalue weighted by Gasteiger charge is 2.23. The maximum atomic E-state index is 13.1. The average Bonchev–Trinajstić information content (AvgIpc) is 2.73. The van der Waals surface area contributed by atoms with Crippen LogP contribution >= 0.6 is 0 Å². The molecule has 0 bridgehead atoms. The zero-order chi connectivity index (χ0) is 19.9. The second-order valence-electron chi connectivity index (χ2n) is 6.73. The van der Waals surface area contributed by atoms with Gasteiger partial charge < -0.3 is 15.1 Å². The standard InChI is InChI=1S/C22H23FN4O/c1-17-4-2-3-5-18(17)15-25-16-19(14-24)22(28)27-12-10-26(11-13-27)21-8-6-20(23)7-9-21/h2-9,16,25H,10-13,15H2,1H3/b19-16-. The van der Waals surface area contributed by atoms with Crippen LogP contribution in [0, 0.1) is 24.1 Å². The Labute approximate surface area is 164 Å². The van der Waals surface area contributed by atoms with Gasteiger partial charge in [-0.25, -0.2) is 4.39 Å². The van der Waals surface area contributed by atoms with Crippen molar-refractivity contribution in [3.63, 3.8) is 0 Å². The van der Waals surface area contributed by atoms with Gasteiger partial charge in [0.1, 0.15) is 17.5 Å². The van der Waals surface area contributed by atoms with Crippen molar-refractivity contribution >= 4 is 11.6 Å². The highest BCUT2D eigenvalue weighted by Crippen LogP contribution is 2.17. The number of amides is 1. The van der Waals surface area contributed by atoms with E-state index >= 15 is 0 Å². The summed E-state index contributed by atoms with van der Waals surface area (Å²) in [7, 11) is 0. The van der Waals surface area contributed by atoms with Crippen LogP contribution in [0.2, 0.25) is 0 Å². The van der Waals surface area contributed by atoms with Crippen molar-refractivity contribution < 1.29 is 9.18 Å². The number of rotatable bonds is 5. The molecule has 6 heteroatoms. The van der Waals surface area contributed by atoms with E-state index < -0.39 is 0 Å². The highest BCUT2D eigenvalue weighted by atomic mass is 19.1. The maximum absolute atomic E-state index is 13.1. The molecule has 5 nitrogen and oxygen atoms in total. The molecule has 1 heterocycles. The summed E-state index contributed by atoms with van der Waals surface area (Å²) in [5, 5.41) is 12.5. The van der Waals surface area contributed by atoms with Crippen LogP contribution in [-0.2, 0) is 11.3 Å². The monoisotopic (exact) mass is 378 g/mol. The van der Waals surface area contributed by atoms with Gasteiger partial charge in [-0.3, -0.25) is 4.79 Å². The van der Waals surface area contributed by atoms with Crippen LogP contribution in [0.5, 0.6) is 0 Å². The fourth-order valence-corrected chi connectivity index (χ4v) is 3.20. The molecule has 1 N–H and O–H groups in total. The Morgan fingerprint density at radius 1 is 1.14 bits per heavy atom. The number of nitrogens with zero attached hydrogens (tertiary/aromatic N) is 3. The zero-order valence-corrected chi connectivity index (χ0v) is 15.9. The van der Waals surface area contributed by atoms with E-state index in [-0.39, 0.29) is 17.3 Å². The van der Waals surface area contributed by atoms with Crippen LogP contribution < -0.4 is 10.2 Å². The summed E-state index contributed by atoms with van der Waals surface area (Å²) in [5.74, 6) is -0.530. The largest absolute Gasteiger partial charge is 0.386 e. The van der Waals surface area contributed by atoms with E-state index in [1.54, 1.807) is 17.0 Å². The normalized spacial score (nSPS) is 14.5. The van der Waals surface area contributed by atoms with Gasteiger partial charge in [0.2, 0.25) is 0 Å². The molecular weight excluding hydrogens is 355 g/mol. The van der Waals surface area contributed by atoms with Crippen molar-refractivity contribution in [2.45, 2.75) is 13.5 Å². The Balaban J connectivity index is 1.56. The van der Waals surface area contributed by atoms with Gasteiger partial charge in [-0.2, -0.15) is 5.26 Å². The average molecular weight is 378 g/mol. The van der Waals surface area contributed by atoms with Crippen LogP contribution in [-0.4, -0.2) is 37.0 Å². The van der Waals surface area contributed by atoms with Crippen LogP contribution in [0.4, 0.5) is 10.1 Å². The number of anilines is 1. The summed E-state index contributed by atoms with van der Waals surface area (Å²) in [4.78, 5) is 16.4. The number of aryl methyl sites for hydroxylation is 1. The van der Waals surface area contributed by atoms with Crippen LogP contribution in [0.15, 0.2) is 60.3 Å². The fourth-order valence-electron chi connectivity index (χ4n) is 3.20. The molecule has 28 heavy (non-hydrogen) atoms. The van der Waals surface area contributed by atoms with Gasteiger partial charge in [0.15, 0.2) is 0 Å². The molecule has 0 saturated carbocycles. The van der Waals surface area contributed by atoms with E-state index in [0.717, 1.165) is 16.8 Å². The first-order valence-corrected chi connectivity index (χ1v) is 9.26. The first-order chi connectivity index (χ1) is 13.6. The minimum Gasteiger partial charge on any atom is -0.386 e. The van der Waals surface area contributed by atoms with Crippen molar-refractivity contribution in [1.29, 1.82) is 5.26 Å². The van der Waals surface area contributed by atoms with Gasteiger partial charge in [-0.15, -0.1) is 0 Å². The number of nitrogens with one attached hydrogen (secondary N) is 1. The Morgan fingerprint density at radius 2 is 1.82 bits per heavy atom. The van der Waals surface area contributed by atoms with Gasteiger partial charge in [0, 0.05) is 44.6 Å². The summed E-state index contributed by atoms with van der Waals surface area (Å²) in [6.07, 6.45) is 1.50. The van der Waals surface area contributed by atoms with E-state index in [1.807, 2.05) is 37.3 Å². The number of hydrogen-bond acceptors (Lipinski definition) is 4. The van der Waals surface area contributed by atoms with Crippen molar-refractivity contribution in [3.05, 3.63) is 77.2 Å². The number of carbonyl (C=O) groups is 1. The molecule has 0 radical (unpaired) electrons. The van der Waals surface area contributed by atoms with Crippen LogP contribution in [0.1, 0.15) is 11.1 Å². The number of hydrogen-bond donors (Lipinski definition) is 1. The van der Waals surface area contributed by atoms with E-state index in [9.17, 15) is 14.4 Å². The van der Waals surface area contributed by atoms with Crippen molar-refractivity contribution in [1.82, 2.24) is 10.2 Å². The summed E-state index contributed by atoms with van der Waals surface area (Å²) in [6.45, 7) is 4.92. The quantitative estimate of drug-likeness (QED) is 0.642. The Morgan fingerprint density at radius 3 is 2.46 bits per heavy atom. The molecule has 2 aromatic rings. The molecule has 0 aromatic heterocycles. The fraction of sp³-hybridized carbons (Fsp3) is 0.273.